The zero-order chi connectivity index (χ0) is 13.1. The number of nitrogens with zero attached hydrogens (tertiary/aromatic N) is 1. The highest BCUT2D eigenvalue weighted by Gasteiger charge is 2.04. The van der Waals surface area contributed by atoms with Crippen molar-refractivity contribution in [1.29, 1.82) is 0 Å². The minimum Gasteiger partial charge on any atom is -0.479 e. The SMILES string of the molecule is COc1nc(Nc2cc(Cl)cc(Cl)c2)ccc1N. The summed E-state index contributed by atoms with van der Waals surface area (Å²) in [6.07, 6.45) is 0. The Morgan fingerprint density at radius 1 is 1.17 bits per heavy atom. The fourth-order valence-electron chi connectivity index (χ4n) is 1.46. The number of nitrogens with two attached hydrogens (primary N) is 1. The molecule has 1 aromatic carbocycles. The van der Waals surface area contributed by atoms with Crippen LogP contribution in [-0.4, -0.2) is 12.1 Å². The molecule has 0 aliphatic rings. The maximum atomic E-state index is 5.91. The van der Waals surface area contributed by atoms with Crippen LogP contribution >= 0.6 is 23.2 Å². The summed E-state index contributed by atoms with van der Waals surface area (Å²) in [4.78, 5) is 4.20. The summed E-state index contributed by atoms with van der Waals surface area (Å²) in [6, 6.07) is 8.61. The second-order valence-electron chi connectivity index (χ2n) is 3.58. The van der Waals surface area contributed by atoms with Crippen LogP contribution < -0.4 is 15.8 Å². The molecule has 1 heterocycles. The van der Waals surface area contributed by atoms with Crippen LogP contribution in [0.25, 0.3) is 0 Å². The topological polar surface area (TPSA) is 60.2 Å². The summed E-state index contributed by atoms with van der Waals surface area (Å²) in [5.41, 5.74) is 6.91. The molecule has 0 radical (unpaired) electrons. The Morgan fingerprint density at radius 3 is 2.44 bits per heavy atom. The summed E-state index contributed by atoms with van der Waals surface area (Å²) < 4.78 is 5.04. The molecule has 0 aliphatic carbocycles. The lowest BCUT2D eigenvalue weighted by molar-refractivity contribution is 0.401. The third-order valence-corrected chi connectivity index (χ3v) is 2.65. The highest BCUT2D eigenvalue weighted by Crippen LogP contribution is 2.26. The lowest BCUT2D eigenvalue weighted by Gasteiger charge is -2.09. The van der Waals surface area contributed by atoms with E-state index in [0.29, 0.717) is 27.4 Å². The monoisotopic (exact) mass is 283 g/mol. The average Bonchev–Trinajstić information content (AvgIpc) is 2.30. The highest BCUT2D eigenvalue weighted by molar-refractivity contribution is 6.35. The van der Waals surface area contributed by atoms with E-state index in [1.54, 1.807) is 30.3 Å². The van der Waals surface area contributed by atoms with Gasteiger partial charge in [-0.1, -0.05) is 23.2 Å². The molecule has 2 aromatic rings. The van der Waals surface area contributed by atoms with E-state index >= 15 is 0 Å². The number of aromatic nitrogens is 1. The minimum atomic E-state index is 0.369. The van der Waals surface area contributed by atoms with Crippen LogP contribution in [0, 0.1) is 0 Å². The largest absolute Gasteiger partial charge is 0.479 e. The molecule has 0 unspecified atom stereocenters. The van der Waals surface area contributed by atoms with Crippen molar-refractivity contribution < 1.29 is 4.74 Å². The second kappa shape index (κ2) is 5.33. The van der Waals surface area contributed by atoms with Crippen molar-refractivity contribution in [3.8, 4) is 5.88 Å². The molecule has 2 rings (SSSR count). The van der Waals surface area contributed by atoms with Crippen molar-refractivity contribution in [2.45, 2.75) is 0 Å². The molecule has 6 heteroatoms. The summed E-state index contributed by atoms with van der Waals surface area (Å²) in [5, 5.41) is 4.17. The van der Waals surface area contributed by atoms with Gasteiger partial charge in [0.2, 0.25) is 5.88 Å². The van der Waals surface area contributed by atoms with Gasteiger partial charge in [-0.25, -0.2) is 0 Å². The van der Waals surface area contributed by atoms with Crippen LogP contribution in [-0.2, 0) is 0 Å². The summed E-state index contributed by atoms with van der Waals surface area (Å²) in [6.45, 7) is 0. The van der Waals surface area contributed by atoms with E-state index in [-0.39, 0.29) is 0 Å². The molecule has 3 N–H and O–H groups in total. The first-order chi connectivity index (χ1) is 8.58. The van der Waals surface area contributed by atoms with Gasteiger partial charge in [0.05, 0.1) is 12.8 Å². The quantitative estimate of drug-likeness (QED) is 0.901. The van der Waals surface area contributed by atoms with Crippen LogP contribution in [0.2, 0.25) is 10.0 Å². The molecular weight excluding hydrogens is 273 g/mol. The molecular formula is C12H11Cl2N3O. The Labute approximate surface area is 115 Å². The van der Waals surface area contributed by atoms with Crippen molar-refractivity contribution in [3.63, 3.8) is 0 Å². The lowest BCUT2D eigenvalue weighted by Crippen LogP contribution is -1.99. The molecule has 94 valence electrons. The van der Waals surface area contributed by atoms with Gasteiger partial charge in [-0.15, -0.1) is 0 Å². The zero-order valence-electron chi connectivity index (χ0n) is 9.58. The fraction of sp³-hybridized carbons (Fsp3) is 0.0833. The smallest absolute Gasteiger partial charge is 0.238 e. The number of ether oxygens (including phenoxy) is 1. The normalized spacial score (nSPS) is 10.2. The minimum absolute atomic E-state index is 0.369. The van der Waals surface area contributed by atoms with Gasteiger partial charge in [0, 0.05) is 15.7 Å². The van der Waals surface area contributed by atoms with Crippen molar-refractivity contribution in [2.24, 2.45) is 0 Å². The van der Waals surface area contributed by atoms with E-state index in [4.69, 9.17) is 33.7 Å². The van der Waals surface area contributed by atoms with Crippen molar-refractivity contribution in [2.75, 3.05) is 18.2 Å². The standard InChI is InChI=1S/C12H11Cl2N3O/c1-18-12-10(15)2-3-11(17-12)16-9-5-7(13)4-8(14)6-9/h2-6H,15H2,1H3,(H,16,17). The van der Waals surface area contributed by atoms with E-state index in [2.05, 4.69) is 10.3 Å². The molecule has 18 heavy (non-hydrogen) atoms. The predicted molar refractivity (Wildman–Crippen MR) is 74.9 cm³/mol. The van der Waals surface area contributed by atoms with Crippen LogP contribution in [0.1, 0.15) is 0 Å². The number of halogens is 2. The van der Waals surface area contributed by atoms with Crippen molar-refractivity contribution in [3.05, 3.63) is 40.4 Å². The van der Waals surface area contributed by atoms with E-state index in [0.717, 1.165) is 5.69 Å². The predicted octanol–water partition coefficient (Wildman–Crippen LogP) is 3.72. The number of anilines is 3. The number of hydrogen-bond acceptors (Lipinski definition) is 4. The zero-order valence-corrected chi connectivity index (χ0v) is 11.1. The van der Waals surface area contributed by atoms with Gasteiger partial charge in [0.15, 0.2) is 0 Å². The lowest BCUT2D eigenvalue weighted by atomic mass is 10.3. The maximum absolute atomic E-state index is 5.91. The van der Waals surface area contributed by atoms with Gasteiger partial charge >= 0.3 is 0 Å². The molecule has 0 fully saturated rings. The Bertz CT molecular complexity index is 555. The highest BCUT2D eigenvalue weighted by atomic mass is 35.5. The van der Waals surface area contributed by atoms with Gasteiger partial charge in [-0.2, -0.15) is 4.98 Å². The first-order valence-electron chi connectivity index (χ1n) is 5.12. The average molecular weight is 284 g/mol. The Hall–Kier alpha value is -1.65. The molecule has 4 nitrogen and oxygen atoms in total. The van der Waals surface area contributed by atoms with E-state index < -0.39 is 0 Å². The van der Waals surface area contributed by atoms with E-state index in [9.17, 15) is 0 Å². The third kappa shape index (κ3) is 2.97. The number of benzene rings is 1. The second-order valence-corrected chi connectivity index (χ2v) is 4.45. The van der Waals surface area contributed by atoms with Gasteiger partial charge in [0.25, 0.3) is 0 Å². The number of nitrogens with one attached hydrogen (secondary N) is 1. The molecule has 0 aliphatic heterocycles. The number of rotatable bonds is 3. The first-order valence-corrected chi connectivity index (χ1v) is 5.87. The Morgan fingerprint density at radius 2 is 1.83 bits per heavy atom. The van der Waals surface area contributed by atoms with E-state index in [1.807, 2.05) is 0 Å². The molecule has 0 bridgehead atoms. The van der Waals surface area contributed by atoms with Crippen molar-refractivity contribution in [1.82, 2.24) is 4.98 Å². The molecule has 0 atom stereocenters. The van der Waals surface area contributed by atoms with Crippen LogP contribution in [0.15, 0.2) is 30.3 Å². The molecule has 0 saturated carbocycles. The molecule has 0 spiro atoms. The number of pyridine rings is 1. The number of nitrogen functional groups attached to an aromatic ring is 1. The van der Waals surface area contributed by atoms with Gasteiger partial charge < -0.3 is 15.8 Å². The number of methoxy groups -OCH3 is 1. The maximum Gasteiger partial charge on any atom is 0.238 e. The first kappa shape index (κ1) is 12.8. The van der Waals surface area contributed by atoms with Gasteiger partial charge in [0.1, 0.15) is 5.82 Å². The molecule has 0 saturated heterocycles. The Kier molecular flexibility index (Phi) is 3.79. The summed E-state index contributed by atoms with van der Waals surface area (Å²) in [7, 11) is 1.51. The summed E-state index contributed by atoms with van der Waals surface area (Å²) in [5.74, 6) is 0.965. The van der Waals surface area contributed by atoms with Gasteiger partial charge in [-0.05, 0) is 30.3 Å². The van der Waals surface area contributed by atoms with Crippen LogP contribution in [0.5, 0.6) is 5.88 Å². The van der Waals surface area contributed by atoms with Crippen molar-refractivity contribution >= 4 is 40.4 Å². The molecule has 0 amide bonds. The fourth-order valence-corrected chi connectivity index (χ4v) is 1.98. The van der Waals surface area contributed by atoms with Gasteiger partial charge in [-0.3, -0.25) is 0 Å². The van der Waals surface area contributed by atoms with Crippen LogP contribution in [0.4, 0.5) is 17.2 Å². The number of hydrogen-bond donors (Lipinski definition) is 2. The molecule has 1 aromatic heterocycles. The van der Waals surface area contributed by atoms with Crippen LogP contribution in [0.3, 0.4) is 0 Å². The van der Waals surface area contributed by atoms with E-state index in [1.165, 1.54) is 7.11 Å². The third-order valence-electron chi connectivity index (χ3n) is 2.22. The summed E-state index contributed by atoms with van der Waals surface area (Å²) >= 11 is 11.8. The Balaban J connectivity index is 2.28.